The Kier molecular flexibility index (Phi) is 2.93. The number of piperidine rings is 1. The van der Waals surface area contributed by atoms with E-state index in [1.807, 2.05) is 0 Å². The van der Waals surface area contributed by atoms with Crippen molar-refractivity contribution >= 4 is 0 Å². The van der Waals surface area contributed by atoms with Crippen molar-refractivity contribution in [2.45, 2.75) is 25.9 Å². The SMILES string of the molecule is Cc1[nH]c(=O)[nH]c1C(O)C1CCNCC1. The summed E-state index contributed by atoms with van der Waals surface area (Å²) in [5.41, 5.74) is 1.15. The lowest BCUT2D eigenvalue weighted by atomic mass is 9.90. The Hall–Kier alpha value is -1.07. The average Bonchev–Trinajstić information content (AvgIpc) is 2.58. The standard InChI is InChI=1S/C10H17N3O2/c1-6-8(13-10(15)12-6)9(14)7-2-4-11-5-3-7/h7,9,11,14H,2-5H2,1H3,(H2,12,13,15). The van der Waals surface area contributed by atoms with Gasteiger partial charge in [-0.25, -0.2) is 4.79 Å². The van der Waals surface area contributed by atoms with Crippen LogP contribution in [0.2, 0.25) is 0 Å². The van der Waals surface area contributed by atoms with Gasteiger partial charge in [0.15, 0.2) is 0 Å². The highest BCUT2D eigenvalue weighted by Gasteiger charge is 2.25. The predicted octanol–water partition coefficient (Wildman–Crippen LogP) is 0.0444. The molecule has 1 saturated heterocycles. The van der Waals surface area contributed by atoms with Crippen LogP contribution in [0.5, 0.6) is 0 Å². The maximum Gasteiger partial charge on any atom is 0.323 e. The van der Waals surface area contributed by atoms with Crippen molar-refractivity contribution in [1.82, 2.24) is 15.3 Å². The first-order valence-corrected chi connectivity index (χ1v) is 5.36. The van der Waals surface area contributed by atoms with Crippen molar-refractivity contribution in [3.8, 4) is 0 Å². The molecule has 84 valence electrons. The first-order valence-electron chi connectivity index (χ1n) is 5.36. The van der Waals surface area contributed by atoms with Crippen LogP contribution in [-0.2, 0) is 0 Å². The minimum absolute atomic E-state index is 0.240. The Labute approximate surface area is 87.9 Å². The molecule has 1 aromatic heterocycles. The molecule has 0 saturated carbocycles. The molecule has 0 aliphatic carbocycles. The number of nitrogens with one attached hydrogen (secondary N) is 3. The van der Waals surface area contributed by atoms with E-state index >= 15 is 0 Å². The maximum absolute atomic E-state index is 11.1. The van der Waals surface area contributed by atoms with Crippen LogP contribution in [0.1, 0.15) is 30.3 Å². The third kappa shape index (κ3) is 2.13. The average molecular weight is 211 g/mol. The number of aryl methyl sites for hydroxylation is 1. The van der Waals surface area contributed by atoms with Crippen LogP contribution in [-0.4, -0.2) is 28.2 Å². The lowest BCUT2D eigenvalue weighted by Crippen LogP contribution is -2.31. The lowest BCUT2D eigenvalue weighted by molar-refractivity contribution is 0.0849. The van der Waals surface area contributed by atoms with Gasteiger partial charge in [-0.2, -0.15) is 0 Å². The Balaban J connectivity index is 2.15. The minimum Gasteiger partial charge on any atom is -0.387 e. The van der Waals surface area contributed by atoms with Gasteiger partial charge in [0.25, 0.3) is 0 Å². The van der Waals surface area contributed by atoms with E-state index in [2.05, 4.69) is 15.3 Å². The first-order chi connectivity index (χ1) is 7.18. The number of hydrogen-bond donors (Lipinski definition) is 4. The number of imidazole rings is 1. The number of hydrogen-bond acceptors (Lipinski definition) is 3. The topological polar surface area (TPSA) is 80.9 Å². The molecule has 0 aromatic carbocycles. The van der Waals surface area contributed by atoms with E-state index in [9.17, 15) is 9.90 Å². The molecule has 0 bridgehead atoms. The van der Waals surface area contributed by atoms with E-state index < -0.39 is 6.10 Å². The van der Waals surface area contributed by atoms with E-state index in [0.29, 0.717) is 5.69 Å². The van der Waals surface area contributed by atoms with Gasteiger partial charge >= 0.3 is 5.69 Å². The molecule has 1 unspecified atom stereocenters. The van der Waals surface area contributed by atoms with Crippen molar-refractivity contribution in [1.29, 1.82) is 0 Å². The molecule has 1 aliphatic heterocycles. The smallest absolute Gasteiger partial charge is 0.323 e. The monoisotopic (exact) mass is 211 g/mol. The summed E-state index contributed by atoms with van der Waals surface area (Å²) in [6.07, 6.45) is 1.35. The van der Waals surface area contributed by atoms with Crippen LogP contribution in [0, 0.1) is 12.8 Å². The summed E-state index contributed by atoms with van der Waals surface area (Å²) in [5, 5.41) is 13.4. The normalized spacial score (nSPS) is 20.4. The van der Waals surface area contributed by atoms with Crippen LogP contribution in [0.25, 0.3) is 0 Å². The van der Waals surface area contributed by atoms with Crippen molar-refractivity contribution in [3.05, 3.63) is 21.9 Å². The molecule has 1 fully saturated rings. The van der Waals surface area contributed by atoms with Crippen LogP contribution >= 0.6 is 0 Å². The summed E-state index contributed by atoms with van der Waals surface area (Å²) in [4.78, 5) is 16.4. The molecule has 15 heavy (non-hydrogen) atoms. The fourth-order valence-electron chi connectivity index (χ4n) is 2.18. The van der Waals surface area contributed by atoms with Gasteiger partial charge in [0.1, 0.15) is 0 Å². The van der Waals surface area contributed by atoms with Gasteiger partial charge < -0.3 is 20.4 Å². The summed E-state index contributed by atoms with van der Waals surface area (Å²) in [6.45, 7) is 3.68. The van der Waals surface area contributed by atoms with Crippen LogP contribution in [0.4, 0.5) is 0 Å². The van der Waals surface area contributed by atoms with Gasteiger partial charge in [0, 0.05) is 5.69 Å². The molecular weight excluding hydrogens is 194 g/mol. The number of H-pyrrole nitrogens is 2. The zero-order valence-corrected chi connectivity index (χ0v) is 8.84. The zero-order chi connectivity index (χ0) is 10.8. The zero-order valence-electron chi connectivity index (χ0n) is 8.84. The number of aromatic amines is 2. The Morgan fingerprint density at radius 3 is 2.53 bits per heavy atom. The van der Waals surface area contributed by atoms with E-state index in [1.165, 1.54) is 0 Å². The minimum atomic E-state index is -0.550. The predicted molar refractivity (Wildman–Crippen MR) is 56.7 cm³/mol. The Morgan fingerprint density at radius 2 is 2.00 bits per heavy atom. The molecule has 4 N–H and O–H groups in total. The van der Waals surface area contributed by atoms with Gasteiger partial charge in [-0.15, -0.1) is 0 Å². The number of rotatable bonds is 2. The van der Waals surface area contributed by atoms with E-state index in [-0.39, 0.29) is 11.6 Å². The summed E-state index contributed by atoms with van der Waals surface area (Å²) >= 11 is 0. The molecule has 5 heteroatoms. The van der Waals surface area contributed by atoms with E-state index in [4.69, 9.17) is 0 Å². The largest absolute Gasteiger partial charge is 0.387 e. The summed E-state index contributed by atoms with van der Waals surface area (Å²) < 4.78 is 0. The van der Waals surface area contributed by atoms with Crippen molar-refractivity contribution in [3.63, 3.8) is 0 Å². The molecule has 2 rings (SSSR count). The molecule has 1 atom stereocenters. The fraction of sp³-hybridized carbons (Fsp3) is 0.700. The number of aliphatic hydroxyl groups excluding tert-OH is 1. The highest BCUT2D eigenvalue weighted by Crippen LogP contribution is 2.28. The van der Waals surface area contributed by atoms with Crippen LogP contribution in [0.15, 0.2) is 4.79 Å². The molecule has 1 aliphatic rings. The second-order valence-corrected chi connectivity index (χ2v) is 4.15. The maximum atomic E-state index is 11.1. The Bertz CT molecular complexity index is 376. The lowest BCUT2D eigenvalue weighted by Gasteiger charge is -2.26. The quantitative estimate of drug-likeness (QED) is 0.557. The Morgan fingerprint density at radius 1 is 1.33 bits per heavy atom. The van der Waals surface area contributed by atoms with Gasteiger partial charge in [-0.05, 0) is 38.8 Å². The molecule has 0 radical (unpaired) electrons. The van der Waals surface area contributed by atoms with E-state index in [1.54, 1.807) is 6.92 Å². The van der Waals surface area contributed by atoms with E-state index in [0.717, 1.165) is 31.6 Å². The summed E-state index contributed by atoms with van der Waals surface area (Å²) in [7, 11) is 0. The highest BCUT2D eigenvalue weighted by atomic mass is 16.3. The van der Waals surface area contributed by atoms with Gasteiger partial charge in [-0.1, -0.05) is 0 Å². The third-order valence-electron chi connectivity index (χ3n) is 3.08. The fourth-order valence-corrected chi connectivity index (χ4v) is 2.18. The first kappa shape index (κ1) is 10.4. The molecule has 0 spiro atoms. The van der Waals surface area contributed by atoms with Crippen molar-refractivity contribution in [2.24, 2.45) is 5.92 Å². The number of aliphatic hydroxyl groups is 1. The second-order valence-electron chi connectivity index (χ2n) is 4.15. The van der Waals surface area contributed by atoms with Crippen LogP contribution in [0.3, 0.4) is 0 Å². The molecule has 1 aromatic rings. The second kappa shape index (κ2) is 4.20. The van der Waals surface area contributed by atoms with Gasteiger partial charge in [0.05, 0.1) is 11.8 Å². The summed E-state index contributed by atoms with van der Waals surface area (Å²) in [5.74, 6) is 0.247. The number of aromatic nitrogens is 2. The summed E-state index contributed by atoms with van der Waals surface area (Å²) in [6, 6.07) is 0. The molecule has 5 nitrogen and oxygen atoms in total. The van der Waals surface area contributed by atoms with Crippen molar-refractivity contribution in [2.75, 3.05) is 13.1 Å². The molecule has 2 heterocycles. The molecule has 0 amide bonds. The van der Waals surface area contributed by atoms with Crippen LogP contribution < -0.4 is 11.0 Å². The third-order valence-corrected chi connectivity index (χ3v) is 3.08. The van der Waals surface area contributed by atoms with Gasteiger partial charge in [-0.3, -0.25) is 0 Å². The van der Waals surface area contributed by atoms with Gasteiger partial charge in [0.2, 0.25) is 0 Å². The van der Waals surface area contributed by atoms with Crippen molar-refractivity contribution < 1.29 is 5.11 Å². The molecular formula is C10H17N3O2. The highest BCUT2D eigenvalue weighted by molar-refractivity contribution is 5.13.